The fraction of sp³-hybridized carbons (Fsp3) is 0.237. The van der Waals surface area contributed by atoms with Gasteiger partial charge in [-0.3, -0.25) is 19.5 Å². The minimum atomic E-state index is -0.949. The Morgan fingerprint density at radius 3 is 2.33 bits per heavy atom. The Balaban J connectivity index is 1.21. The number of benzene rings is 3. The summed E-state index contributed by atoms with van der Waals surface area (Å²) < 4.78 is 0. The topological polar surface area (TPSA) is 123 Å². The first kappa shape index (κ1) is 31.0. The number of amides is 2. The summed E-state index contributed by atoms with van der Waals surface area (Å²) in [5.74, 6) is -2.55. The van der Waals surface area contributed by atoms with Crippen molar-refractivity contribution in [1.29, 1.82) is 0 Å². The Morgan fingerprint density at radius 2 is 1.63 bits per heavy atom. The van der Waals surface area contributed by atoms with E-state index in [-0.39, 0.29) is 24.2 Å². The van der Waals surface area contributed by atoms with Crippen molar-refractivity contribution in [1.82, 2.24) is 4.98 Å². The number of aliphatic hydroxyl groups excluding tert-OH is 2. The van der Waals surface area contributed by atoms with E-state index in [1.807, 2.05) is 85.8 Å². The number of nitrogens with zero attached hydrogens (tertiary/aromatic N) is 2. The monoisotopic (exact) mass is 615 g/mol. The third-order valence-electron chi connectivity index (χ3n) is 9.02. The van der Waals surface area contributed by atoms with Gasteiger partial charge in [0.15, 0.2) is 0 Å². The molecule has 0 spiro atoms. The van der Waals surface area contributed by atoms with E-state index in [1.54, 1.807) is 30.5 Å². The summed E-state index contributed by atoms with van der Waals surface area (Å²) in [6, 6.07) is 29.5. The Labute approximate surface area is 268 Å². The zero-order valence-corrected chi connectivity index (χ0v) is 25.6. The number of aromatic hydroxyl groups is 1. The molecule has 2 aliphatic rings. The minimum absolute atomic E-state index is 0.143. The number of rotatable bonds is 10. The molecule has 1 saturated heterocycles. The maximum absolute atomic E-state index is 13.9. The third kappa shape index (κ3) is 6.22. The van der Waals surface area contributed by atoms with Crippen LogP contribution >= 0.6 is 0 Å². The van der Waals surface area contributed by atoms with Gasteiger partial charge in [0.1, 0.15) is 5.75 Å². The van der Waals surface area contributed by atoms with E-state index in [0.717, 1.165) is 28.2 Å². The normalized spacial score (nSPS) is 20.5. The van der Waals surface area contributed by atoms with E-state index < -0.39 is 23.9 Å². The fourth-order valence-corrected chi connectivity index (χ4v) is 6.83. The lowest BCUT2D eigenvalue weighted by molar-refractivity contribution is -0.123. The molecule has 0 bridgehead atoms. The van der Waals surface area contributed by atoms with Crippen LogP contribution < -0.4 is 10.2 Å². The number of anilines is 3. The van der Waals surface area contributed by atoms with Crippen LogP contribution in [0.2, 0.25) is 0 Å². The Morgan fingerprint density at radius 1 is 0.935 bits per heavy atom. The molecule has 1 aliphatic heterocycles. The van der Waals surface area contributed by atoms with E-state index in [9.17, 15) is 24.9 Å². The Hall–Kier alpha value is -5.05. The molecule has 4 aromatic rings. The lowest BCUT2D eigenvalue weighted by atomic mass is 9.68. The number of fused-ring (bicyclic) bond motifs is 1. The van der Waals surface area contributed by atoms with E-state index in [0.29, 0.717) is 36.1 Å². The summed E-state index contributed by atoms with van der Waals surface area (Å²) in [7, 11) is 0. The summed E-state index contributed by atoms with van der Waals surface area (Å²) >= 11 is 0. The highest BCUT2D eigenvalue weighted by molar-refractivity contribution is 6.22. The van der Waals surface area contributed by atoms with Gasteiger partial charge in [0.25, 0.3) is 0 Å². The third-order valence-corrected chi connectivity index (χ3v) is 9.02. The van der Waals surface area contributed by atoms with Crippen LogP contribution in [0.15, 0.2) is 114 Å². The van der Waals surface area contributed by atoms with Gasteiger partial charge in [-0.05, 0) is 98.0 Å². The number of carbonyl (C=O) groups excluding carboxylic acids is 2. The van der Waals surface area contributed by atoms with E-state index >= 15 is 0 Å². The number of hydrogen-bond donors (Lipinski definition) is 4. The molecular weight excluding hydrogens is 578 g/mol. The van der Waals surface area contributed by atoms with Crippen LogP contribution in [-0.2, 0) is 9.59 Å². The first-order valence-electron chi connectivity index (χ1n) is 15.5. The van der Waals surface area contributed by atoms with Gasteiger partial charge in [-0.1, -0.05) is 48.0 Å². The molecule has 2 amide bonds. The molecular formula is C38H37N3O5. The number of aromatic nitrogens is 1. The summed E-state index contributed by atoms with van der Waals surface area (Å²) in [5.41, 5.74) is 5.87. The molecule has 0 saturated carbocycles. The number of hydrogen-bond acceptors (Lipinski definition) is 7. The molecule has 1 fully saturated rings. The lowest BCUT2D eigenvalue weighted by Crippen LogP contribution is -2.38. The van der Waals surface area contributed by atoms with E-state index in [4.69, 9.17) is 0 Å². The standard InChI is InChI=1S/C38H37N3O5/c1-24-21-30-36(38(46)41(37(30)45)29-17-15-28(16-18-29)40-27-10-3-2-4-11-27)31(23-42)35(24)34(44)19-14-25(32-12-7-8-20-39-32)22-26-9-5-6-13-33(26)43/h2-13,15-18,20,22,30-31,34,36,40,42-44H,14,19,21,23H2,1H3/b25-22-/t30-,31+,34-,36-/m1/s1. The number of phenolic OH excluding ortho intramolecular Hbond substituents is 1. The lowest BCUT2D eigenvalue weighted by Gasteiger charge is -2.35. The molecule has 8 heteroatoms. The average Bonchev–Trinajstić information content (AvgIpc) is 3.32. The van der Waals surface area contributed by atoms with Gasteiger partial charge >= 0.3 is 0 Å². The van der Waals surface area contributed by atoms with E-state index in [2.05, 4.69) is 10.3 Å². The highest BCUT2D eigenvalue weighted by Crippen LogP contribution is 2.47. The molecule has 46 heavy (non-hydrogen) atoms. The number of para-hydroxylation sites is 2. The molecule has 3 aromatic carbocycles. The van der Waals surface area contributed by atoms with E-state index in [1.165, 1.54) is 4.90 Å². The maximum atomic E-state index is 13.9. The Bertz CT molecular complexity index is 1770. The molecule has 4 N–H and O–H groups in total. The second-order valence-corrected chi connectivity index (χ2v) is 11.9. The number of carbonyl (C=O) groups is 2. The highest BCUT2D eigenvalue weighted by Gasteiger charge is 2.54. The summed E-state index contributed by atoms with van der Waals surface area (Å²) in [6.07, 6.45) is 3.68. The molecule has 1 aromatic heterocycles. The zero-order valence-electron chi connectivity index (χ0n) is 25.6. The average molecular weight is 616 g/mol. The van der Waals surface area contributed by atoms with Gasteiger partial charge in [0.05, 0.1) is 35.9 Å². The van der Waals surface area contributed by atoms with Crippen LogP contribution in [0.4, 0.5) is 17.1 Å². The first-order chi connectivity index (χ1) is 22.4. The van der Waals surface area contributed by atoms with Crippen LogP contribution in [0.25, 0.3) is 11.6 Å². The van der Waals surface area contributed by atoms with Crippen molar-refractivity contribution in [3.63, 3.8) is 0 Å². The number of imide groups is 1. The number of pyridine rings is 1. The zero-order chi connectivity index (χ0) is 32.2. The highest BCUT2D eigenvalue weighted by atomic mass is 16.3. The van der Waals surface area contributed by atoms with Gasteiger partial charge < -0.3 is 20.6 Å². The predicted octanol–water partition coefficient (Wildman–Crippen LogP) is 6.35. The molecule has 6 rings (SSSR count). The smallest absolute Gasteiger partial charge is 0.238 e. The van der Waals surface area contributed by atoms with Crippen molar-refractivity contribution in [2.45, 2.75) is 32.3 Å². The summed E-state index contributed by atoms with van der Waals surface area (Å²) in [6.45, 7) is 1.51. The maximum Gasteiger partial charge on any atom is 0.238 e. The molecule has 0 unspecified atom stereocenters. The van der Waals surface area contributed by atoms with Gasteiger partial charge in [-0.25, -0.2) is 0 Å². The fourth-order valence-electron chi connectivity index (χ4n) is 6.83. The summed E-state index contributed by atoms with van der Waals surface area (Å²) in [5, 5.41) is 35.9. The molecule has 2 heterocycles. The molecule has 1 aliphatic carbocycles. The predicted molar refractivity (Wildman–Crippen MR) is 179 cm³/mol. The van der Waals surface area contributed by atoms with Gasteiger partial charge in [-0.2, -0.15) is 0 Å². The quantitative estimate of drug-likeness (QED) is 0.121. The van der Waals surface area contributed by atoms with Gasteiger partial charge in [0.2, 0.25) is 11.8 Å². The number of aliphatic hydroxyl groups is 2. The second-order valence-electron chi connectivity index (χ2n) is 11.9. The van der Waals surface area contributed by atoms with Crippen molar-refractivity contribution < 1.29 is 24.9 Å². The molecule has 4 atom stereocenters. The summed E-state index contributed by atoms with van der Waals surface area (Å²) in [4.78, 5) is 33.3. The van der Waals surface area contributed by atoms with Gasteiger partial charge in [-0.15, -0.1) is 0 Å². The molecule has 0 radical (unpaired) electrons. The van der Waals surface area contributed by atoms with Crippen LogP contribution in [0.1, 0.15) is 37.4 Å². The van der Waals surface area contributed by atoms with Crippen LogP contribution in [0.3, 0.4) is 0 Å². The van der Waals surface area contributed by atoms with Crippen molar-refractivity contribution in [3.8, 4) is 5.75 Å². The number of allylic oxidation sites excluding steroid dienone is 2. The Kier molecular flexibility index (Phi) is 9.10. The first-order valence-corrected chi connectivity index (χ1v) is 15.5. The number of phenols is 1. The second kappa shape index (κ2) is 13.5. The molecule has 8 nitrogen and oxygen atoms in total. The van der Waals surface area contributed by atoms with Crippen molar-refractivity contribution in [2.75, 3.05) is 16.8 Å². The minimum Gasteiger partial charge on any atom is -0.507 e. The van der Waals surface area contributed by atoms with Crippen LogP contribution in [0.5, 0.6) is 5.75 Å². The van der Waals surface area contributed by atoms with Crippen LogP contribution in [0, 0.1) is 17.8 Å². The van der Waals surface area contributed by atoms with Gasteiger partial charge in [0, 0.05) is 29.1 Å². The van der Waals surface area contributed by atoms with Crippen molar-refractivity contribution >= 4 is 40.5 Å². The SMILES string of the molecule is CC1=C([C@H](O)CC/C(=C/c2ccccc2O)c2ccccn2)[C@H](CO)[C@@H]2C(=O)N(c3ccc(Nc4ccccc4)cc3)C(=O)[C@@H]2C1. The van der Waals surface area contributed by atoms with Crippen molar-refractivity contribution in [3.05, 3.63) is 126 Å². The largest absolute Gasteiger partial charge is 0.507 e. The molecule has 234 valence electrons. The van der Waals surface area contributed by atoms with Crippen molar-refractivity contribution in [2.24, 2.45) is 17.8 Å². The van der Waals surface area contributed by atoms with Crippen LogP contribution in [-0.4, -0.2) is 44.8 Å². The number of nitrogens with one attached hydrogen (secondary N) is 1.